The third-order valence-electron chi connectivity index (χ3n) is 2.46. The van der Waals surface area contributed by atoms with Crippen LogP contribution in [0, 0.1) is 13.8 Å². The SMILES string of the molecule is COc1cc(C)c(CNCCO)cc1C. The zero-order chi connectivity index (χ0) is 11.3. The van der Waals surface area contributed by atoms with Gasteiger partial charge in [-0.05, 0) is 36.6 Å². The third-order valence-corrected chi connectivity index (χ3v) is 2.46. The number of hydrogen-bond donors (Lipinski definition) is 2. The Kier molecular flexibility index (Phi) is 4.59. The molecule has 1 aromatic rings. The van der Waals surface area contributed by atoms with E-state index >= 15 is 0 Å². The van der Waals surface area contributed by atoms with Crippen LogP contribution >= 0.6 is 0 Å². The van der Waals surface area contributed by atoms with Gasteiger partial charge in [-0.15, -0.1) is 0 Å². The summed E-state index contributed by atoms with van der Waals surface area (Å²) in [5, 5.41) is 11.8. The smallest absolute Gasteiger partial charge is 0.122 e. The second-order valence-corrected chi connectivity index (χ2v) is 3.65. The Hall–Kier alpha value is -1.06. The largest absolute Gasteiger partial charge is 0.496 e. The fourth-order valence-electron chi connectivity index (χ4n) is 1.56. The summed E-state index contributed by atoms with van der Waals surface area (Å²) in [5.74, 6) is 0.929. The molecule has 84 valence electrons. The number of ether oxygens (including phenoxy) is 1. The molecular formula is C12H19NO2. The monoisotopic (exact) mass is 209 g/mol. The van der Waals surface area contributed by atoms with Crippen molar-refractivity contribution in [2.75, 3.05) is 20.3 Å². The fourth-order valence-corrected chi connectivity index (χ4v) is 1.56. The number of aryl methyl sites for hydroxylation is 2. The van der Waals surface area contributed by atoms with Gasteiger partial charge < -0.3 is 15.2 Å². The van der Waals surface area contributed by atoms with E-state index in [0.717, 1.165) is 17.9 Å². The van der Waals surface area contributed by atoms with Crippen LogP contribution in [0.25, 0.3) is 0 Å². The van der Waals surface area contributed by atoms with Crippen LogP contribution in [-0.2, 0) is 6.54 Å². The Morgan fingerprint density at radius 2 is 2.00 bits per heavy atom. The molecule has 0 fully saturated rings. The zero-order valence-corrected chi connectivity index (χ0v) is 9.63. The number of aliphatic hydroxyl groups is 1. The van der Waals surface area contributed by atoms with E-state index in [1.165, 1.54) is 11.1 Å². The van der Waals surface area contributed by atoms with Gasteiger partial charge in [0.25, 0.3) is 0 Å². The van der Waals surface area contributed by atoms with E-state index in [4.69, 9.17) is 9.84 Å². The van der Waals surface area contributed by atoms with Crippen molar-refractivity contribution in [2.45, 2.75) is 20.4 Å². The lowest BCUT2D eigenvalue weighted by molar-refractivity contribution is 0.292. The van der Waals surface area contributed by atoms with Gasteiger partial charge in [0.05, 0.1) is 13.7 Å². The van der Waals surface area contributed by atoms with Crippen molar-refractivity contribution in [1.29, 1.82) is 0 Å². The lowest BCUT2D eigenvalue weighted by Gasteiger charge is -2.11. The van der Waals surface area contributed by atoms with Gasteiger partial charge in [-0.1, -0.05) is 6.07 Å². The molecule has 0 saturated carbocycles. The first-order chi connectivity index (χ1) is 7.19. The lowest BCUT2D eigenvalue weighted by atomic mass is 10.0. The molecule has 0 saturated heterocycles. The number of nitrogens with one attached hydrogen (secondary N) is 1. The topological polar surface area (TPSA) is 41.5 Å². The minimum atomic E-state index is 0.175. The van der Waals surface area contributed by atoms with Crippen molar-refractivity contribution in [2.24, 2.45) is 0 Å². The molecule has 1 aromatic carbocycles. The first-order valence-electron chi connectivity index (χ1n) is 5.14. The Morgan fingerprint density at radius 1 is 1.27 bits per heavy atom. The van der Waals surface area contributed by atoms with Crippen LogP contribution in [0.1, 0.15) is 16.7 Å². The zero-order valence-electron chi connectivity index (χ0n) is 9.63. The second kappa shape index (κ2) is 5.73. The van der Waals surface area contributed by atoms with Crippen LogP contribution in [-0.4, -0.2) is 25.4 Å². The molecular weight excluding hydrogens is 190 g/mol. The quantitative estimate of drug-likeness (QED) is 0.720. The van der Waals surface area contributed by atoms with Crippen molar-refractivity contribution in [3.8, 4) is 5.75 Å². The van der Waals surface area contributed by atoms with Crippen molar-refractivity contribution < 1.29 is 9.84 Å². The molecule has 0 radical (unpaired) electrons. The predicted molar refractivity (Wildman–Crippen MR) is 61.3 cm³/mol. The van der Waals surface area contributed by atoms with E-state index in [1.54, 1.807) is 7.11 Å². The molecule has 0 amide bonds. The molecule has 0 heterocycles. The van der Waals surface area contributed by atoms with E-state index in [9.17, 15) is 0 Å². The van der Waals surface area contributed by atoms with Gasteiger partial charge in [0.1, 0.15) is 5.75 Å². The summed E-state index contributed by atoms with van der Waals surface area (Å²) >= 11 is 0. The molecule has 0 aliphatic heterocycles. The molecule has 0 aliphatic rings. The van der Waals surface area contributed by atoms with Gasteiger partial charge in [-0.25, -0.2) is 0 Å². The Balaban J connectivity index is 2.76. The van der Waals surface area contributed by atoms with Gasteiger partial charge in [0, 0.05) is 13.1 Å². The van der Waals surface area contributed by atoms with Crippen LogP contribution in [0.3, 0.4) is 0 Å². The Morgan fingerprint density at radius 3 is 2.60 bits per heavy atom. The van der Waals surface area contributed by atoms with Gasteiger partial charge in [0.2, 0.25) is 0 Å². The highest BCUT2D eigenvalue weighted by Crippen LogP contribution is 2.22. The molecule has 0 bridgehead atoms. The Bertz CT molecular complexity index is 324. The maximum absolute atomic E-state index is 8.67. The first-order valence-corrected chi connectivity index (χ1v) is 5.14. The maximum Gasteiger partial charge on any atom is 0.122 e. The highest BCUT2D eigenvalue weighted by atomic mass is 16.5. The molecule has 3 nitrogen and oxygen atoms in total. The summed E-state index contributed by atoms with van der Waals surface area (Å²) in [6, 6.07) is 4.17. The Labute approximate surface area is 91.1 Å². The normalized spacial score (nSPS) is 10.4. The van der Waals surface area contributed by atoms with E-state index in [2.05, 4.69) is 18.3 Å². The standard InChI is InChI=1S/C12H19NO2/c1-9-7-12(15-3)10(2)6-11(9)8-13-4-5-14/h6-7,13-14H,4-5,8H2,1-3H3. The van der Waals surface area contributed by atoms with Gasteiger partial charge >= 0.3 is 0 Å². The van der Waals surface area contributed by atoms with Crippen molar-refractivity contribution >= 4 is 0 Å². The fraction of sp³-hybridized carbons (Fsp3) is 0.500. The van der Waals surface area contributed by atoms with Crippen molar-refractivity contribution in [3.63, 3.8) is 0 Å². The summed E-state index contributed by atoms with van der Waals surface area (Å²) in [7, 11) is 1.69. The molecule has 0 atom stereocenters. The average Bonchev–Trinajstić information content (AvgIpc) is 2.23. The van der Waals surface area contributed by atoms with Crippen LogP contribution in [0.2, 0.25) is 0 Å². The number of rotatable bonds is 5. The summed E-state index contributed by atoms with van der Waals surface area (Å²) in [4.78, 5) is 0. The minimum absolute atomic E-state index is 0.175. The van der Waals surface area contributed by atoms with Gasteiger partial charge in [-0.2, -0.15) is 0 Å². The molecule has 0 unspecified atom stereocenters. The summed E-state index contributed by atoms with van der Waals surface area (Å²) in [6.45, 7) is 5.70. The van der Waals surface area contributed by atoms with Gasteiger partial charge in [-0.3, -0.25) is 0 Å². The van der Waals surface area contributed by atoms with Crippen LogP contribution < -0.4 is 10.1 Å². The minimum Gasteiger partial charge on any atom is -0.496 e. The van der Waals surface area contributed by atoms with Gasteiger partial charge in [0.15, 0.2) is 0 Å². The van der Waals surface area contributed by atoms with Crippen molar-refractivity contribution in [1.82, 2.24) is 5.32 Å². The van der Waals surface area contributed by atoms with E-state index in [1.807, 2.05) is 13.0 Å². The molecule has 0 spiro atoms. The van der Waals surface area contributed by atoms with E-state index in [-0.39, 0.29) is 6.61 Å². The van der Waals surface area contributed by atoms with Crippen LogP contribution in [0.15, 0.2) is 12.1 Å². The number of methoxy groups -OCH3 is 1. The molecule has 0 aliphatic carbocycles. The molecule has 15 heavy (non-hydrogen) atoms. The highest BCUT2D eigenvalue weighted by Gasteiger charge is 2.03. The molecule has 3 heteroatoms. The average molecular weight is 209 g/mol. The van der Waals surface area contributed by atoms with E-state index in [0.29, 0.717) is 6.54 Å². The molecule has 2 N–H and O–H groups in total. The molecule has 0 aromatic heterocycles. The van der Waals surface area contributed by atoms with E-state index < -0.39 is 0 Å². The number of aliphatic hydroxyl groups excluding tert-OH is 1. The maximum atomic E-state index is 8.67. The number of hydrogen-bond acceptors (Lipinski definition) is 3. The third kappa shape index (κ3) is 3.22. The molecule has 1 rings (SSSR count). The van der Waals surface area contributed by atoms with Crippen molar-refractivity contribution in [3.05, 3.63) is 28.8 Å². The van der Waals surface area contributed by atoms with Crippen LogP contribution in [0.4, 0.5) is 0 Å². The second-order valence-electron chi connectivity index (χ2n) is 3.65. The summed E-state index contributed by atoms with van der Waals surface area (Å²) < 4.78 is 5.25. The summed E-state index contributed by atoms with van der Waals surface area (Å²) in [6.07, 6.45) is 0. The first kappa shape index (κ1) is 12.0. The predicted octanol–water partition coefficient (Wildman–Crippen LogP) is 1.39. The lowest BCUT2D eigenvalue weighted by Crippen LogP contribution is -2.18. The summed E-state index contributed by atoms with van der Waals surface area (Å²) in [5.41, 5.74) is 3.61. The highest BCUT2D eigenvalue weighted by molar-refractivity contribution is 5.41. The van der Waals surface area contributed by atoms with Crippen LogP contribution in [0.5, 0.6) is 5.75 Å². The number of benzene rings is 1.